The Balaban J connectivity index is 2.92. The van der Waals surface area contributed by atoms with Gasteiger partial charge in [0.25, 0.3) is 0 Å². The first kappa shape index (κ1) is 18.5. The Labute approximate surface area is 131 Å². The van der Waals surface area contributed by atoms with Crippen LogP contribution in [0.5, 0.6) is 0 Å². The molecule has 1 saturated carbocycles. The van der Waals surface area contributed by atoms with Gasteiger partial charge >= 0.3 is 5.97 Å². The van der Waals surface area contributed by atoms with Gasteiger partial charge in [0.15, 0.2) is 0 Å². The van der Waals surface area contributed by atoms with Gasteiger partial charge in [0, 0.05) is 19.1 Å². The largest absolute Gasteiger partial charge is 0.481 e. The third-order valence-electron chi connectivity index (χ3n) is 5.11. The fraction of sp³-hybridized carbons (Fsp3) is 0.944. The number of carboxylic acids is 1. The van der Waals surface area contributed by atoms with Gasteiger partial charge in [-0.2, -0.15) is 0 Å². The molecule has 1 N–H and O–H groups in total. The van der Waals surface area contributed by atoms with Crippen molar-refractivity contribution in [1.29, 1.82) is 0 Å². The van der Waals surface area contributed by atoms with Crippen LogP contribution in [0.4, 0.5) is 0 Å². The molecule has 0 saturated heterocycles. The molecule has 0 heterocycles. The molecule has 1 aliphatic rings. The molecular formula is C18H35NO2. The van der Waals surface area contributed by atoms with Gasteiger partial charge in [0.1, 0.15) is 0 Å². The molecule has 1 aliphatic carbocycles. The maximum absolute atomic E-state index is 12.0. The third kappa shape index (κ3) is 4.98. The van der Waals surface area contributed by atoms with E-state index in [1.54, 1.807) is 0 Å². The number of rotatable bonds is 8. The summed E-state index contributed by atoms with van der Waals surface area (Å²) in [7, 11) is 0. The maximum atomic E-state index is 12.0. The first-order valence-electron chi connectivity index (χ1n) is 8.82. The van der Waals surface area contributed by atoms with Crippen molar-refractivity contribution in [2.45, 2.75) is 79.2 Å². The molecule has 3 nitrogen and oxygen atoms in total. The summed E-state index contributed by atoms with van der Waals surface area (Å²) in [4.78, 5) is 14.5. The van der Waals surface area contributed by atoms with Gasteiger partial charge in [-0.3, -0.25) is 9.69 Å². The Bertz CT molecular complexity index is 325. The van der Waals surface area contributed by atoms with E-state index in [4.69, 9.17) is 0 Å². The summed E-state index contributed by atoms with van der Waals surface area (Å²) in [6.07, 6.45) is 6.15. The lowest BCUT2D eigenvalue weighted by Gasteiger charge is -2.43. The molecule has 1 fully saturated rings. The Morgan fingerprint density at radius 1 is 1.33 bits per heavy atom. The van der Waals surface area contributed by atoms with Crippen LogP contribution in [0.2, 0.25) is 0 Å². The Morgan fingerprint density at radius 2 is 1.95 bits per heavy atom. The number of carboxylic acid groups (broad SMARTS) is 1. The first-order chi connectivity index (χ1) is 9.84. The summed E-state index contributed by atoms with van der Waals surface area (Å²) < 4.78 is 0. The molecule has 3 heteroatoms. The zero-order valence-electron chi connectivity index (χ0n) is 14.7. The van der Waals surface area contributed by atoms with Crippen molar-refractivity contribution in [1.82, 2.24) is 4.90 Å². The molecule has 0 amide bonds. The van der Waals surface area contributed by atoms with Crippen LogP contribution in [0.1, 0.15) is 73.1 Å². The molecule has 2 unspecified atom stereocenters. The molecule has 1 rings (SSSR count). The molecule has 0 bridgehead atoms. The summed E-state index contributed by atoms with van der Waals surface area (Å²) in [5.41, 5.74) is -0.519. The summed E-state index contributed by atoms with van der Waals surface area (Å²) >= 11 is 0. The highest BCUT2D eigenvalue weighted by Crippen LogP contribution is 2.41. The fourth-order valence-corrected chi connectivity index (χ4v) is 4.07. The predicted molar refractivity (Wildman–Crippen MR) is 88.5 cm³/mol. The molecule has 0 aliphatic heterocycles. The highest BCUT2D eigenvalue weighted by molar-refractivity contribution is 5.75. The van der Waals surface area contributed by atoms with E-state index in [1.807, 2.05) is 0 Å². The average molecular weight is 297 g/mol. The lowest BCUT2D eigenvalue weighted by atomic mass is 9.69. The van der Waals surface area contributed by atoms with E-state index in [0.29, 0.717) is 17.9 Å². The number of hydrogen-bond donors (Lipinski definition) is 1. The van der Waals surface area contributed by atoms with Crippen molar-refractivity contribution >= 4 is 5.97 Å². The highest BCUT2D eigenvalue weighted by Gasteiger charge is 2.43. The second-order valence-corrected chi connectivity index (χ2v) is 7.58. The molecule has 0 aromatic carbocycles. The minimum atomic E-state index is -0.575. The van der Waals surface area contributed by atoms with Crippen molar-refractivity contribution in [3.05, 3.63) is 0 Å². The van der Waals surface area contributed by atoms with E-state index in [0.717, 1.165) is 45.2 Å². The van der Waals surface area contributed by atoms with E-state index in [2.05, 4.69) is 39.5 Å². The SMILES string of the molecule is CCC(CC)N(CC(C)C)CC1(C(=O)O)CCCC(C)C1. The number of nitrogens with zero attached hydrogens (tertiary/aromatic N) is 1. The summed E-state index contributed by atoms with van der Waals surface area (Å²) in [5.74, 6) is 0.545. The molecule has 21 heavy (non-hydrogen) atoms. The Kier molecular flexibility index (Phi) is 7.19. The van der Waals surface area contributed by atoms with Crippen LogP contribution in [0.25, 0.3) is 0 Å². The second-order valence-electron chi connectivity index (χ2n) is 7.58. The van der Waals surface area contributed by atoms with Gasteiger partial charge in [-0.25, -0.2) is 0 Å². The summed E-state index contributed by atoms with van der Waals surface area (Å²) in [6, 6.07) is 0.515. The van der Waals surface area contributed by atoms with E-state index in [1.165, 1.54) is 6.42 Å². The highest BCUT2D eigenvalue weighted by atomic mass is 16.4. The maximum Gasteiger partial charge on any atom is 0.310 e. The lowest BCUT2D eigenvalue weighted by Crippen LogP contribution is -2.50. The number of carbonyl (C=O) groups is 1. The normalized spacial score (nSPS) is 26.8. The minimum absolute atomic E-state index is 0.515. The molecule has 0 aromatic heterocycles. The monoisotopic (exact) mass is 297 g/mol. The molecule has 0 radical (unpaired) electrons. The van der Waals surface area contributed by atoms with Crippen molar-refractivity contribution in [2.24, 2.45) is 17.3 Å². The van der Waals surface area contributed by atoms with Gasteiger partial charge in [-0.15, -0.1) is 0 Å². The zero-order valence-corrected chi connectivity index (χ0v) is 14.7. The van der Waals surface area contributed by atoms with Crippen LogP contribution in [0, 0.1) is 17.3 Å². The topological polar surface area (TPSA) is 40.5 Å². The lowest BCUT2D eigenvalue weighted by molar-refractivity contribution is -0.154. The molecule has 0 aromatic rings. The van der Waals surface area contributed by atoms with E-state index < -0.39 is 11.4 Å². The van der Waals surface area contributed by atoms with E-state index in [9.17, 15) is 9.90 Å². The third-order valence-corrected chi connectivity index (χ3v) is 5.11. The van der Waals surface area contributed by atoms with E-state index in [-0.39, 0.29) is 0 Å². The molecular weight excluding hydrogens is 262 g/mol. The van der Waals surface area contributed by atoms with Crippen molar-refractivity contribution in [3.8, 4) is 0 Å². The number of aliphatic carboxylic acids is 1. The average Bonchev–Trinajstić information content (AvgIpc) is 2.39. The first-order valence-corrected chi connectivity index (χ1v) is 8.82. The van der Waals surface area contributed by atoms with Crippen molar-refractivity contribution < 1.29 is 9.90 Å². The van der Waals surface area contributed by atoms with Gasteiger partial charge in [-0.1, -0.05) is 47.5 Å². The van der Waals surface area contributed by atoms with Crippen LogP contribution in [0.15, 0.2) is 0 Å². The number of hydrogen-bond acceptors (Lipinski definition) is 2. The predicted octanol–water partition coefficient (Wildman–Crippen LogP) is 4.41. The van der Waals surface area contributed by atoms with E-state index >= 15 is 0 Å². The van der Waals surface area contributed by atoms with Crippen molar-refractivity contribution in [2.75, 3.05) is 13.1 Å². The molecule has 2 atom stereocenters. The van der Waals surface area contributed by atoms with Crippen LogP contribution in [-0.4, -0.2) is 35.1 Å². The Hall–Kier alpha value is -0.570. The smallest absolute Gasteiger partial charge is 0.310 e. The zero-order chi connectivity index (χ0) is 16.0. The van der Waals surface area contributed by atoms with Gasteiger partial charge in [-0.05, 0) is 37.5 Å². The molecule has 0 spiro atoms. The van der Waals surface area contributed by atoms with Crippen LogP contribution < -0.4 is 0 Å². The summed E-state index contributed by atoms with van der Waals surface area (Å²) in [5, 5.41) is 9.89. The van der Waals surface area contributed by atoms with Crippen LogP contribution in [0.3, 0.4) is 0 Å². The van der Waals surface area contributed by atoms with Gasteiger partial charge in [0.2, 0.25) is 0 Å². The quantitative estimate of drug-likeness (QED) is 0.721. The van der Waals surface area contributed by atoms with Gasteiger partial charge in [0.05, 0.1) is 5.41 Å². The summed E-state index contributed by atoms with van der Waals surface area (Å²) in [6.45, 7) is 12.9. The van der Waals surface area contributed by atoms with Crippen LogP contribution in [-0.2, 0) is 4.79 Å². The fourth-order valence-electron chi connectivity index (χ4n) is 4.07. The van der Waals surface area contributed by atoms with Crippen molar-refractivity contribution in [3.63, 3.8) is 0 Å². The Morgan fingerprint density at radius 3 is 2.38 bits per heavy atom. The van der Waals surface area contributed by atoms with Gasteiger partial charge < -0.3 is 5.11 Å². The minimum Gasteiger partial charge on any atom is -0.481 e. The van der Waals surface area contributed by atoms with Crippen LogP contribution >= 0.6 is 0 Å². The second kappa shape index (κ2) is 8.17. The molecule has 124 valence electrons. The standard InChI is InChI=1S/C18H35NO2/c1-6-16(7-2)19(12-14(3)4)13-18(17(20)21)10-8-9-15(5)11-18/h14-16H,6-13H2,1-5H3,(H,20,21).